The highest BCUT2D eigenvalue weighted by Crippen LogP contribution is 2.44. The van der Waals surface area contributed by atoms with Crippen LogP contribution in [0.2, 0.25) is 0 Å². The van der Waals surface area contributed by atoms with Gasteiger partial charge >= 0.3 is 0 Å². The standard InChI is InChI=1S/C57H51N3O/c1-35(2)44-31-50(36(3)4)56(61)52(32-44)57-59-55-49(19-14-20-54(55)60(57)48-27-38(6)39(7)51(34-48)42-17-12-9-13-18-42)46-28-45(40-15-10-8-11-16-40)29-47(30-46)53-33-43(25-26-58-53)41-23-21-37(5)22-24-41/h8-36,61H,1-7H3/i5D3,6D3,7D3. The lowest BCUT2D eigenvalue weighted by molar-refractivity contribution is 0.466. The lowest BCUT2D eigenvalue weighted by Gasteiger charge is -2.19. The predicted octanol–water partition coefficient (Wildman–Crippen LogP) is 15.3. The number of rotatable bonds is 9. The normalized spacial score (nSPS) is 14.4. The van der Waals surface area contributed by atoms with Crippen LogP contribution in [0.5, 0.6) is 5.75 Å². The average Bonchev–Trinajstić information content (AvgIpc) is 3.73. The quantitative estimate of drug-likeness (QED) is 0.158. The highest BCUT2D eigenvalue weighted by atomic mass is 16.3. The van der Waals surface area contributed by atoms with Crippen molar-refractivity contribution in [1.82, 2.24) is 14.5 Å². The molecule has 0 fully saturated rings. The van der Waals surface area contributed by atoms with Crippen LogP contribution >= 0.6 is 0 Å². The molecule has 0 aliphatic carbocycles. The van der Waals surface area contributed by atoms with Crippen LogP contribution in [0.1, 0.15) is 79.7 Å². The minimum Gasteiger partial charge on any atom is -0.507 e. The van der Waals surface area contributed by atoms with Crippen LogP contribution in [0.4, 0.5) is 0 Å². The van der Waals surface area contributed by atoms with E-state index in [-0.39, 0.29) is 39.8 Å². The monoisotopic (exact) mass is 802 g/mol. The topological polar surface area (TPSA) is 50.9 Å². The Balaban J connectivity index is 1.35. The number of hydrogen-bond donors (Lipinski definition) is 1. The third-order valence-electron chi connectivity index (χ3n) is 11.5. The zero-order valence-electron chi connectivity index (χ0n) is 43.5. The third kappa shape index (κ3) is 7.55. The number of pyridine rings is 1. The number of hydrogen-bond acceptors (Lipinski definition) is 3. The molecule has 0 saturated carbocycles. The van der Waals surface area contributed by atoms with Gasteiger partial charge in [0.05, 0.1) is 22.3 Å². The summed E-state index contributed by atoms with van der Waals surface area (Å²) in [6, 6.07) is 48.9. The predicted molar refractivity (Wildman–Crippen MR) is 256 cm³/mol. The summed E-state index contributed by atoms with van der Waals surface area (Å²) in [6.07, 6.45) is 1.74. The van der Waals surface area contributed by atoms with E-state index < -0.39 is 20.6 Å². The average molecular weight is 803 g/mol. The third-order valence-corrected chi connectivity index (χ3v) is 11.5. The number of aryl methyl sites for hydroxylation is 2. The number of nitrogens with zero attached hydrogens (tertiary/aromatic N) is 3. The van der Waals surface area contributed by atoms with E-state index in [0.29, 0.717) is 39.4 Å². The van der Waals surface area contributed by atoms with Crippen molar-refractivity contribution in [3.05, 3.63) is 192 Å². The van der Waals surface area contributed by atoms with Gasteiger partial charge in [0.2, 0.25) is 0 Å². The molecule has 9 rings (SSSR count). The summed E-state index contributed by atoms with van der Waals surface area (Å²) in [5, 5.41) is 12.3. The number of fused-ring (bicyclic) bond motifs is 1. The van der Waals surface area contributed by atoms with E-state index in [1.807, 2.05) is 97.3 Å². The Hall–Kier alpha value is -7.04. The number of phenolic OH excluding ortho intramolecular Hbond substituents is 1. The van der Waals surface area contributed by atoms with Gasteiger partial charge in [-0.15, -0.1) is 0 Å². The first kappa shape index (κ1) is 30.1. The van der Waals surface area contributed by atoms with Crippen molar-refractivity contribution >= 4 is 11.0 Å². The maximum Gasteiger partial charge on any atom is 0.149 e. The van der Waals surface area contributed by atoms with Gasteiger partial charge in [-0.3, -0.25) is 9.55 Å². The molecule has 300 valence electrons. The zero-order chi connectivity index (χ0) is 49.9. The summed E-state index contributed by atoms with van der Waals surface area (Å²) in [5.74, 6) is 0.412. The fourth-order valence-corrected chi connectivity index (χ4v) is 8.16. The second kappa shape index (κ2) is 16.2. The van der Waals surface area contributed by atoms with Crippen LogP contribution in [0.15, 0.2) is 164 Å². The zero-order valence-corrected chi connectivity index (χ0v) is 34.5. The molecule has 0 radical (unpaired) electrons. The Morgan fingerprint density at radius 2 is 1.26 bits per heavy atom. The molecule has 2 aromatic heterocycles. The van der Waals surface area contributed by atoms with Crippen molar-refractivity contribution in [2.45, 2.75) is 60.1 Å². The maximum absolute atomic E-state index is 12.3. The van der Waals surface area contributed by atoms with Gasteiger partial charge < -0.3 is 5.11 Å². The Morgan fingerprint density at radius 1 is 0.541 bits per heavy atom. The van der Waals surface area contributed by atoms with Gasteiger partial charge in [0.25, 0.3) is 0 Å². The molecule has 0 unspecified atom stereocenters. The van der Waals surface area contributed by atoms with E-state index in [0.717, 1.165) is 50.1 Å². The first-order chi connectivity index (χ1) is 33.2. The van der Waals surface area contributed by atoms with E-state index in [9.17, 15) is 5.11 Å². The van der Waals surface area contributed by atoms with Gasteiger partial charge in [-0.1, -0.05) is 136 Å². The molecule has 0 aliphatic heterocycles. The first-order valence-electron chi connectivity index (χ1n) is 25.1. The van der Waals surface area contributed by atoms with Crippen molar-refractivity contribution in [2.24, 2.45) is 0 Å². The highest BCUT2D eigenvalue weighted by Gasteiger charge is 2.24. The number of imidazole rings is 1. The van der Waals surface area contributed by atoms with Crippen LogP contribution in [0.25, 0.3) is 83.9 Å². The number of aromatic nitrogens is 3. The summed E-state index contributed by atoms with van der Waals surface area (Å²) >= 11 is 0. The number of para-hydroxylation sites is 1. The van der Waals surface area contributed by atoms with Gasteiger partial charge in [-0.05, 0) is 148 Å². The van der Waals surface area contributed by atoms with Crippen molar-refractivity contribution in [3.63, 3.8) is 0 Å². The summed E-state index contributed by atoms with van der Waals surface area (Å²) in [6.45, 7) is 0.381. The molecule has 0 amide bonds. The molecule has 0 saturated heterocycles. The smallest absolute Gasteiger partial charge is 0.149 e. The minimum absolute atomic E-state index is 0.0447. The van der Waals surface area contributed by atoms with Crippen LogP contribution in [0.3, 0.4) is 0 Å². The molecule has 7 aromatic carbocycles. The molecule has 4 nitrogen and oxygen atoms in total. The summed E-state index contributed by atoms with van der Waals surface area (Å²) in [5.41, 5.74) is 10.8. The van der Waals surface area contributed by atoms with E-state index in [1.165, 1.54) is 6.07 Å². The Bertz CT molecular complexity index is 3390. The fourth-order valence-electron chi connectivity index (χ4n) is 8.16. The lowest BCUT2D eigenvalue weighted by atomic mass is 9.91. The van der Waals surface area contributed by atoms with Crippen molar-refractivity contribution in [3.8, 4) is 78.6 Å². The molecular weight excluding hydrogens is 743 g/mol. The lowest BCUT2D eigenvalue weighted by Crippen LogP contribution is -2.03. The molecule has 0 bridgehead atoms. The summed E-state index contributed by atoms with van der Waals surface area (Å²) < 4.78 is 77.7. The number of phenols is 1. The second-order valence-electron chi connectivity index (χ2n) is 16.2. The van der Waals surface area contributed by atoms with E-state index in [4.69, 9.17) is 22.3 Å². The van der Waals surface area contributed by atoms with Crippen molar-refractivity contribution in [1.29, 1.82) is 0 Å². The fraction of sp³-hybridized carbons (Fsp3) is 0.158. The van der Waals surface area contributed by atoms with Crippen LogP contribution in [0, 0.1) is 20.6 Å². The van der Waals surface area contributed by atoms with Crippen molar-refractivity contribution in [2.75, 3.05) is 0 Å². The van der Waals surface area contributed by atoms with Crippen LogP contribution in [-0.2, 0) is 0 Å². The minimum atomic E-state index is -2.82. The molecular formula is C57H51N3O. The Kier molecular flexibility index (Phi) is 7.98. The molecule has 0 atom stereocenters. The van der Waals surface area contributed by atoms with Gasteiger partial charge in [0, 0.05) is 35.3 Å². The van der Waals surface area contributed by atoms with Gasteiger partial charge in [0.1, 0.15) is 11.6 Å². The molecule has 0 aliphatic rings. The summed E-state index contributed by atoms with van der Waals surface area (Å²) in [7, 11) is 0. The molecule has 0 spiro atoms. The van der Waals surface area contributed by atoms with Gasteiger partial charge in [0.15, 0.2) is 0 Å². The number of benzene rings is 7. The SMILES string of the molecule is [2H]C([2H])([2H])c1ccc(-c2ccnc(-c3cc(-c4ccccc4)cc(-c4cccc5c4nc(-c4cc(C(C)C)cc(C(C)C)c4O)n5-c4cc(-c5ccccc5)c(C([2H])([2H])[2H])c(C([2H])([2H])[2H])c4)c3)c2)cc1. The Labute approximate surface area is 372 Å². The van der Waals surface area contributed by atoms with Crippen molar-refractivity contribution < 1.29 is 17.4 Å². The summed E-state index contributed by atoms with van der Waals surface area (Å²) in [4.78, 5) is 10.3. The van der Waals surface area contributed by atoms with Gasteiger partial charge in [-0.2, -0.15) is 0 Å². The molecule has 2 heterocycles. The molecule has 4 heteroatoms. The Morgan fingerprint density at radius 3 is 1.97 bits per heavy atom. The van der Waals surface area contributed by atoms with Crippen LogP contribution in [-0.4, -0.2) is 19.6 Å². The van der Waals surface area contributed by atoms with E-state index in [2.05, 4.69) is 32.0 Å². The second-order valence-corrected chi connectivity index (χ2v) is 16.2. The highest BCUT2D eigenvalue weighted by molar-refractivity contribution is 5.98. The largest absolute Gasteiger partial charge is 0.507 e. The van der Waals surface area contributed by atoms with Gasteiger partial charge in [-0.25, -0.2) is 4.98 Å². The van der Waals surface area contributed by atoms with E-state index in [1.54, 1.807) is 60.8 Å². The van der Waals surface area contributed by atoms with Crippen LogP contribution < -0.4 is 0 Å². The molecule has 1 N–H and O–H groups in total. The molecule has 61 heavy (non-hydrogen) atoms. The maximum atomic E-state index is 12.3. The van der Waals surface area contributed by atoms with E-state index >= 15 is 0 Å². The first-order valence-corrected chi connectivity index (χ1v) is 20.6. The molecule has 9 aromatic rings. The number of aromatic hydroxyl groups is 1.